The van der Waals surface area contributed by atoms with Crippen LogP contribution in [-0.4, -0.2) is 20.2 Å². The highest BCUT2D eigenvalue weighted by atomic mass is 35.5. The Balaban J connectivity index is 2.67. The van der Waals surface area contributed by atoms with Gasteiger partial charge >= 0.3 is 0 Å². The second-order valence-corrected chi connectivity index (χ2v) is 3.98. The minimum atomic E-state index is 0.335. The van der Waals surface area contributed by atoms with Crippen molar-refractivity contribution in [2.45, 2.75) is 6.42 Å². The molecule has 0 heterocycles. The molecule has 1 aromatic rings. The number of hydrogen-bond acceptors (Lipinski definition) is 3. The first-order valence-electron chi connectivity index (χ1n) is 4.78. The van der Waals surface area contributed by atoms with Gasteiger partial charge in [-0.3, -0.25) is 0 Å². The number of hydrogen-bond donors (Lipinski definition) is 1. The molecule has 0 aliphatic carbocycles. The van der Waals surface area contributed by atoms with Crippen LogP contribution in [0, 0.1) is 11.3 Å². The smallest absolute Gasteiger partial charge is 0.138 e. The number of benzene rings is 1. The van der Waals surface area contributed by atoms with E-state index >= 15 is 0 Å². The summed E-state index contributed by atoms with van der Waals surface area (Å²) in [6.07, 6.45) is 0.726. The lowest BCUT2D eigenvalue weighted by molar-refractivity contribution is 0.415. The third-order valence-corrected chi connectivity index (χ3v) is 2.74. The maximum absolute atomic E-state index is 8.35. The molecule has 0 fully saturated rings. The largest absolute Gasteiger partial charge is 0.495 e. The standard InChI is InChI=1S/C11H12Cl2N2O/c1-16-11-7-9(12)8(6-10(11)13)2-4-15-5-3-14/h6-7,15H,2,4-5H2,1H3. The lowest BCUT2D eigenvalue weighted by Crippen LogP contribution is -2.17. The van der Waals surface area contributed by atoms with E-state index in [9.17, 15) is 0 Å². The average molecular weight is 259 g/mol. The molecule has 1 rings (SSSR count). The molecule has 3 nitrogen and oxygen atoms in total. The van der Waals surface area contributed by atoms with E-state index in [1.54, 1.807) is 19.2 Å². The Morgan fingerprint density at radius 1 is 1.38 bits per heavy atom. The molecule has 1 aromatic carbocycles. The van der Waals surface area contributed by atoms with Crippen molar-refractivity contribution in [1.29, 1.82) is 5.26 Å². The van der Waals surface area contributed by atoms with Gasteiger partial charge < -0.3 is 10.1 Å². The van der Waals surface area contributed by atoms with Crippen molar-refractivity contribution in [3.05, 3.63) is 27.7 Å². The fourth-order valence-electron chi connectivity index (χ4n) is 1.29. The van der Waals surface area contributed by atoms with Crippen LogP contribution >= 0.6 is 23.2 Å². The van der Waals surface area contributed by atoms with Crippen molar-refractivity contribution in [3.8, 4) is 11.8 Å². The van der Waals surface area contributed by atoms with Crippen molar-refractivity contribution in [3.63, 3.8) is 0 Å². The molecule has 1 N–H and O–H groups in total. The first-order valence-corrected chi connectivity index (χ1v) is 5.54. The van der Waals surface area contributed by atoms with Crippen molar-refractivity contribution in [2.24, 2.45) is 0 Å². The number of halogens is 2. The van der Waals surface area contributed by atoms with E-state index in [1.165, 1.54) is 0 Å². The van der Waals surface area contributed by atoms with Gasteiger partial charge in [-0.2, -0.15) is 5.26 Å². The maximum atomic E-state index is 8.35. The summed E-state index contributed by atoms with van der Waals surface area (Å²) in [5.74, 6) is 0.570. The average Bonchev–Trinajstić information content (AvgIpc) is 2.28. The van der Waals surface area contributed by atoms with Crippen molar-refractivity contribution >= 4 is 23.2 Å². The molecule has 0 radical (unpaired) electrons. The summed E-state index contributed by atoms with van der Waals surface area (Å²) in [6, 6.07) is 5.49. The number of nitrogens with zero attached hydrogens (tertiary/aromatic N) is 1. The van der Waals surface area contributed by atoms with Crippen LogP contribution in [-0.2, 0) is 6.42 Å². The summed E-state index contributed by atoms with van der Waals surface area (Å²) in [5, 5.41) is 12.5. The number of nitriles is 1. The van der Waals surface area contributed by atoms with Crippen LogP contribution in [0.4, 0.5) is 0 Å². The summed E-state index contributed by atoms with van der Waals surface area (Å²) in [7, 11) is 1.55. The van der Waals surface area contributed by atoms with Gasteiger partial charge in [-0.1, -0.05) is 23.2 Å². The predicted octanol–water partition coefficient (Wildman–Crippen LogP) is 2.66. The van der Waals surface area contributed by atoms with Crippen LogP contribution in [0.1, 0.15) is 5.56 Å². The molecule has 86 valence electrons. The van der Waals surface area contributed by atoms with Gasteiger partial charge in [0.05, 0.1) is 24.7 Å². The molecular formula is C11H12Cl2N2O. The second-order valence-electron chi connectivity index (χ2n) is 3.16. The molecule has 5 heteroatoms. The Morgan fingerprint density at radius 2 is 2.12 bits per heavy atom. The molecule has 16 heavy (non-hydrogen) atoms. The predicted molar refractivity (Wildman–Crippen MR) is 65.2 cm³/mol. The van der Waals surface area contributed by atoms with Crippen molar-refractivity contribution < 1.29 is 4.74 Å². The van der Waals surface area contributed by atoms with Crippen LogP contribution in [0.25, 0.3) is 0 Å². The summed E-state index contributed by atoms with van der Waals surface area (Å²) < 4.78 is 5.05. The molecule has 0 amide bonds. The SMILES string of the molecule is COc1cc(Cl)c(CCNCC#N)cc1Cl. The lowest BCUT2D eigenvalue weighted by atomic mass is 10.1. The molecule has 0 bridgehead atoms. The van der Waals surface area contributed by atoms with E-state index in [-0.39, 0.29) is 0 Å². The molecule has 0 unspecified atom stereocenters. The van der Waals surface area contributed by atoms with Gasteiger partial charge in [-0.05, 0) is 18.1 Å². The van der Waals surface area contributed by atoms with E-state index in [4.69, 9.17) is 33.2 Å². The molecule has 0 spiro atoms. The van der Waals surface area contributed by atoms with Gasteiger partial charge in [-0.25, -0.2) is 0 Å². The van der Waals surface area contributed by atoms with Gasteiger partial charge in [0.1, 0.15) is 5.75 Å². The topological polar surface area (TPSA) is 45.0 Å². The van der Waals surface area contributed by atoms with Crippen LogP contribution < -0.4 is 10.1 Å². The number of ether oxygens (including phenoxy) is 1. The van der Waals surface area contributed by atoms with Gasteiger partial charge in [0, 0.05) is 17.6 Å². The Hall–Kier alpha value is -0.950. The molecule has 0 aromatic heterocycles. The third kappa shape index (κ3) is 3.57. The highest BCUT2D eigenvalue weighted by Crippen LogP contribution is 2.30. The highest BCUT2D eigenvalue weighted by molar-refractivity contribution is 6.34. The Labute approximate surface area is 105 Å². The van der Waals surface area contributed by atoms with Gasteiger partial charge in [0.2, 0.25) is 0 Å². The van der Waals surface area contributed by atoms with Crippen LogP contribution in [0.2, 0.25) is 10.0 Å². The van der Waals surface area contributed by atoms with Gasteiger partial charge in [0.15, 0.2) is 0 Å². The molecule has 0 aliphatic heterocycles. The zero-order valence-corrected chi connectivity index (χ0v) is 10.4. The summed E-state index contributed by atoms with van der Waals surface area (Å²) in [6.45, 7) is 1.03. The molecule has 0 atom stereocenters. The van der Waals surface area contributed by atoms with E-state index in [2.05, 4.69) is 5.32 Å². The minimum absolute atomic E-state index is 0.335. The Kier molecular flexibility index (Phi) is 5.41. The molecule has 0 aliphatic rings. The fourth-order valence-corrected chi connectivity index (χ4v) is 1.80. The lowest BCUT2D eigenvalue weighted by Gasteiger charge is -2.08. The molecular weight excluding hydrogens is 247 g/mol. The monoisotopic (exact) mass is 258 g/mol. The zero-order valence-electron chi connectivity index (χ0n) is 8.89. The zero-order chi connectivity index (χ0) is 12.0. The maximum Gasteiger partial charge on any atom is 0.138 e. The van der Waals surface area contributed by atoms with Crippen LogP contribution in [0.5, 0.6) is 5.75 Å². The van der Waals surface area contributed by atoms with Gasteiger partial charge in [-0.15, -0.1) is 0 Å². The fraction of sp³-hybridized carbons (Fsp3) is 0.364. The van der Waals surface area contributed by atoms with Crippen LogP contribution in [0.3, 0.4) is 0 Å². The summed E-state index contributed by atoms with van der Waals surface area (Å²) in [5.41, 5.74) is 0.943. The van der Waals surface area contributed by atoms with E-state index in [1.807, 2.05) is 6.07 Å². The number of methoxy groups -OCH3 is 1. The van der Waals surface area contributed by atoms with E-state index < -0.39 is 0 Å². The Bertz CT molecular complexity index is 402. The van der Waals surface area contributed by atoms with Gasteiger partial charge in [0.25, 0.3) is 0 Å². The first kappa shape index (κ1) is 13.1. The molecule has 0 saturated heterocycles. The number of nitrogens with one attached hydrogen (secondary N) is 1. The number of rotatable bonds is 5. The summed E-state index contributed by atoms with van der Waals surface area (Å²) >= 11 is 12.0. The molecule has 0 saturated carbocycles. The normalized spacial score (nSPS) is 9.88. The first-order chi connectivity index (χ1) is 7.69. The van der Waals surface area contributed by atoms with E-state index in [0.717, 1.165) is 12.0 Å². The minimum Gasteiger partial charge on any atom is -0.495 e. The quantitative estimate of drug-likeness (QED) is 0.653. The summed E-state index contributed by atoms with van der Waals surface area (Å²) in [4.78, 5) is 0. The van der Waals surface area contributed by atoms with E-state index in [0.29, 0.717) is 28.9 Å². The van der Waals surface area contributed by atoms with Crippen molar-refractivity contribution in [1.82, 2.24) is 5.32 Å². The second kappa shape index (κ2) is 6.59. The Morgan fingerprint density at radius 3 is 2.75 bits per heavy atom. The third-order valence-electron chi connectivity index (χ3n) is 2.10. The van der Waals surface area contributed by atoms with Crippen molar-refractivity contribution in [2.75, 3.05) is 20.2 Å². The van der Waals surface area contributed by atoms with Crippen LogP contribution in [0.15, 0.2) is 12.1 Å². The highest BCUT2D eigenvalue weighted by Gasteiger charge is 2.07.